The van der Waals surface area contributed by atoms with Crippen molar-refractivity contribution in [1.29, 1.82) is 0 Å². The van der Waals surface area contributed by atoms with Gasteiger partial charge >= 0.3 is 0 Å². The Morgan fingerprint density at radius 3 is 1.00 bits per heavy atom. The molecule has 0 rings (SSSR count). The summed E-state index contributed by atoms with van der Waals surface area (Å²) >= 11 is 0. The Morgan fingerprint density at radius 2 is 1.00 bits per heavy atom. The van der Waals surface area contributed by atoms with E-state index in [1.165, 1.54) is 0 Å². The molecule has 6 heavy (non-hydrogen) atoms. The molecule has 0 spiro atoms. The van der Waals surface area contributed by atoms with Crippen molar-refractivity contribution in [2.45, 2.75) is 0 Å². The Kier molecular flexibility index (Phi) is 73.0. The summed E-state index contributed by atoms with van der Waals surface area (Å²) in [5, 5.41) is 0. The van der Waals surface area contributed by atoms with Crippen molar-refractivity contribution in [2.75, 3.05) is 0 Å². The van der Waals surface area contributed by atoms with E-state index in [-0.39, 0.29) is 0 Å². The summed E-state index contributed by atoms with van der Waals surface area (Å²) in [5.41, 5.74) is 14.2. The van der Waals surface area contributed by atoms with Gasteiger partial charge in [0.05, 0.1) is 0 Å². The van der Waals surface area contributed by atoms with Crippen LogP contribution in [-0.4, -0.2) is 23.0 Å². The summed E-state index contributed by atoms with van der Waals surface area (Å²) in [6, 6.07) is 0. The minimum absolute atomic E-state index is 2.25. The fourth-order valence-corrected chi connectivity index (χ4v) is 0. The average molecular weight is 84.1 g/mol. The maximum atomic E-state index is 7.08. The zero-order chi connectivity index (χ0) is 5.41. The molecule has 0 amide bonds. The summed E-state index contributed by atoms with van der Waals surface area (Å²) in [6.45, 7) is 5.33. The van der Waals surface area contributed by atoms with Crippen LogP contribution in [0.3, 0.4) is 0 Å². The van der Waals surface area contributed by atoms with Gasteiger partial charge in [-0.1, -0.05) is 0 Å². The third-order valence-corrected chi connectivity index (χ3v) is 0. The minimum Gasteiger partial charge on any atom is -0.362 e. The van der Waals surface area contributed by atoms with E-state index in [0.717, 1.165) is 0 Å². The van der Waals surface area contributed by atoms with Crippen LogP contribution in [0.5, 0.6) is 0 Å². The number of nitrogens with zero attached hydrogens (tertiary/aromatic N) is 4. The van der Waals surface area contributed by atoms with Crippen molar-refractivity contribution < 1.29 is 9.58 Å². The molecule has 0 aromatic heterocycles. The summed E-state index contributed by atoms with van der Waals surface area (Å²) in [6.07, 6.45) is 0. The second-order valence-corrected chi connectivity index (χ2v) is 0.283. The van der Waals surface area contributed by atoms with Gasteiger partial charge in [-0.2, -0.15) is 9.58 Å². The molecule has 0 N–H and O–H groups in total. The number of hydrogen-bond donors (Lipinski definition) is 0. The van der Waals surface area contributed by atoms with Crippen LogP contribution in [0.1, 0.15) is 0 Å². The number of hydrogen-bond acceptors (Lipinski definition) is 0. The maximum Gasteiger partial charge on any atom is 0.245 e. The van der Waals surface area contributed by atoms with E-state index >= 15 is 0 Å². The smallest absolute Gasteiger partial charge is 0.245 e. The fraction of sp³-hybridized carbons (Fsp3) is 0. The molecule has 0 unspecified atom stereocenters. The fourth-order valence-electron chi connectivity index (χ4n) is 0. The van der Waals surface area contributed by atoms with E-state index < -0.39 is 0 Å². The molecule has 4 nitrogen and oxygen atoms in total. The van der Waals surface area contributed by atoms with Crippen molar-refractivity contribution >= 4 is 13.4 Å². The molecule has 0 bridgehead atoms. The predicted octanol–water partition coefficient (Wildman–Crippen LogP) is -0.166. The van der Waals surface area contributed by atoms with Crippen LogP contribution in [0.15, 0.2) is 0 Å². The Labute approximate surface area is 35.3 Å². The van der Waals surface area contributed by atoms with Crippen LogP contribution in [0.25, 0.3) is 11.1 Å². The van der Waals surface area contributed by atoms with Gasteiger partial charge in [-0.15, -0.1) is 0 Å². The standard InChI is InChI=1S/2CH2N2/c2*1-3-2/h2*1H2. The quantitative estimate of drug-likeness (QED) is 0.222. The molecular weight excluding hydrogens is 80.1 g/mol. The van der Waals surface area contributed by atoms with Crippen LogP contribution in [-0.2, 0) is 0 Å². The van der Waals surface area contributed by atoms with Crippen molar-refractivity contribution in [3.05, 3.63) is 11.1 Å². The van der Waals surface area contributed by atoms with Gasteiger partial charge in [-0.3, -0.25) is 0 Å². The molecule has 0 radical (unpaired) electrons. The van der Waals surface area contributed by atoms with Crippen LogP contribution in [0.2, 0.25) is 0 Å². The van der Waals surface area contributed by atoms with Crippen molar-refractivity contribution in [2.24, 2.45) is 0 Å². The van der Waals surface area contributed by atoms with Crippen LogP contribution in [0, 0.1) is 0 Å². The lowest BCUT2D eigenvalue weighted by Crippen LogP contribution is -1.21. The van der Waals surface area contributed by atoms with Gasteiger partial charge in [0.15, 0.2) is 0 Å². The highest BCUT2D eigenvalue weighted by Crippen LogP contribution is 0.904. The molecule has 4 heteroatoms. The second kappa shape index (κ2) is 49.6. The molecule has 32 valence electrons. The Bertz CT molecular complexity index is 59.5. The molecule has 0 aliphatic carbocycles. The first kappa shape index (κ1) is 8.83. The third kappa shape index (κ3) is 5.56. The highest BCUT2D eigenvalue weighted by atomic mass is 14.8. The number of rotatable bonds is 0. The lowest BCUT2D eigenvalue weighted by molar-refractivity contribution is 0.0106. The second-order valence-electron chi connectivity index (χ2n) is 0.283. The first-order chi connectivity index (χ1) is 2.83. The lowest BCUT2D eigenvalue weighted by atomic mass is 11.8. The molecule has 0 saturated heterocycles. The van der Waals surface area contributed by atoms with E-state index in [1.807, 2.05) is 0 Å². The van der Waals surface area contributed by atoms with Crippen molar-refractivity contribution in [3.8, 4) is 0 Å². The molecule has 0 atom stereocenters. The van der Waals surface area contributed by atoms with Gasteiger partial charge in [0.1, 0.15) is 0 Å². The Morgan fingerprint density at radius 1 is 1.00 bits per heavy atom. The monoisotopic (exact) mass is 84.0 g/mol. The summed E-state index contributed by atoms with van der Waals surface area (Å²) in [4.78, 5) is 4.50. The van der Waals surface area contributed by atoms with Crippen molar-refractivity contribution in [1.82, 2.24) is 0 Å². The van der Waals surface area contributed by atoms with Crippen molar-refractivity contribution in [3.63, 3.8) is 0 Å². The first-order valence-electron chi connectivity index (χ1n) is 1.03. The van der Waals surface area contributed by atoms with Gasteiger partial charge in [-0.05, 0) is 0 Å². The minimum atomic E-state index is 2.25. The molecule has 0 aliphatic rings. The highest BCUT2D eigenvalue weighted by Gasteiger charge is 0.935. The SMILES string of the molecule is C=[N+]=[N-].C=[N+]=[N-]. The third-order valence-electron chi connectivity index (χ3n) is 0. The van der Waals surface area contributed by atoms with Gasteiger partial charge in [-0.25, -0.2) is 0 Å². The molecule has 0 heterocycles. The Hall–Kier alpha value is -1.24. The zero-order valence-corrected chi connectivity index (χ0v) is 3.20. The zero-order valence-electron chi connectivity index (χ0n) is 3.20. The van der Waals surface area contributed by atoms with Gasteiger partial charge in [0.2, 0.25) is 13.4 Å². The van der Waals surface area contributed by atoms with E-state index in [9.17, 15) is 0 Å². The van der Waals surface area contributed by atoms with E-state index in [4.69, 9.17) is 11.1 Å². The van der Waals surface area contributed by atoms with Crippen LogP contribution in [0.4, 0.5) is 0 Å². The lowest BCUT2D eigenvalue weighted by Gasteiger charge is -1.16. The van der Waals surface area contributed by atoms with Gasteiger partial charge in [0.25, 0.3) is 0 Å². The summed E-state index contributed by atoms with van der Waals surface area (Å²) in [7, 11) is 0. The Balaban J connectivity index is 0. The van der Waals surface area contributed by atoms with Gasteiger partial charge < -0.3 is 11.1 Å². The van der Waals surface area contributed by atoms with E-state index in [0.29, 0.717) is 0 Å². The van der Waals surface area contributed by atoms with Crippen LogP contribution >= 0.6 is 0 Å². The predicted molar refractivity (Wildman–Crippen MR) is 21.5 cm³/mol. The molecule has 0 saturated carbocycles. The average Bonchev–Trinajstić information content (AvgIpc) is 1.39. The topological polar surface area (TPSA) is 72.8 Å². The maximum absolute atomic E-state index is 7.08. The summed E-state index contributed by atoms with van der Waals surface area (Å²) in [5.74, 6) is 0. The molecule has 0 aliphatic heterocycles. The van der Waals surface area contributed by atoms with E-state index in [1.54, 1.807) is 0 Å². The normalized spacial score (nSPS) is 2.67. The van der Waals surface area contributed by atoms with E-state index in [2.05, 4.69) is 23.0 Å². The molecule has 0 aromatic rings. The van der Waals surface area contributed by atoms with Crippen LogP contribution < -0.4 is 0 Å². The molecular formula is C2H4N4. The van der Waals surface area contributed by atoms with Gasteiger partial charge in [0, 0.05) is 0 Å². The first-order valence-corrected chi connectivity index (χ1v) is 1.03. The largest absolute Gasteiger partial charge is 0.362 e. The molecule has 0 fully saturated rings. The highest BCUT2D eigenvalue weighted by molar-refractivity contribution is 5.12. The summed E-state index contributed by atoms with van der Waals surface area (Å²) < 4.78 is 0. The molecule has 0 aromatic carbocycles.